The largest absolute Gasteiger partial charge is 0.319 e. The van der Waals surface area contributed by atoms with Gasteiger partial charge in [-0.2, -0.15) is 5.10 Å². The van der Waals surface area contributed by atoms with Crippen molar-refractivity contribution in [3.63, 3.8) is 0 Å². The number of carbonyl (C=O) groups excluding carboxylic acids is 1. The number of anilines is 1. The molecule has 0 spiro atoms. The molecule has 0 aliphatic rings. The molecule has 21 heavy (non-hydrogen) atoms. The van der Waals surface area contributed by atoms with Crippen molar-refractivity contribution in [1.82, 2.24) is 19.7 Å². The van der Waals surface area contributed by atoms with Crippen molar-refractivity contribution >= 4 is 11.6 Å². The van der Waals surface area contributed by atoms with Crippen LogP contribution in [-0.4, -0.2) is 45.2 Å². The van der Waals surface area contributed by atoms with E-state index in [4.69, 9.17) is 0 Å². The van der Waals surface area contributed by atoms with Gasteiger partial charge in [0.2, 0.25) is 0 Å². The lowest BCUT2D eigenvalue weighted by Crippen LogP contribution is -2.27. The van der Waals surface area contributed by atoms with E-state index in [1.165, 1.54) is 0 Å². The van der Waals surface area contributed by atoms with E-state index < -0.39 is 0 Å². The molecule has 0 atom stereocenters. The molecule has 2 rings (SSSR count). The molecule has 0 fully saturated rings. The lowest BCUT2D eigenvalue weighted by atomic mass is 10.3. The lowest BCUT2D eigenvalue weighted by molar-refractivity contribution is 0.102. The van der Waals surface area contributed by atoms with Crippen LogP contribution in [0.3, 0.4) is 0 Å². The summed E-state index contributed by atoms with van der Waals surface area (Å²) in [6.45, 7) is 8.11. The first kappa shape index (κ1) is 15.2. The summed E-state index contributed by atoms with van der Waals surface area (Å²) in [4.78, 5) is 18.2. The minimum atomic E-state index is -0.175. The van der Waals surface area contributed by atoms with Gasteiger partial charge in [0.25, 0.3) is 5.91 Å². The molecule has 0 aliphatic heterocycles. The highest BCUT2D eigenvalue weighted by atomic mass is 16.1. The smallest absolute Gasteiger partial charge is 0.257 e. The zero-order chi connectivity index (χ0) is 15.1. The summed E-state index contributed by atoms with van der Waals surface area (Å²) in [6, 6.07) is 3.47. The molecule has 1 amide bonds. The van der Waals surface area contributed by atoms with Crippen molar-refractivity contribution in [1.29, 1.82) is 0 Å². The third kappa shape index (κ3) is 4.39. The molecule has 2 aromatic heterocycles. The number of pyridine rings is 1. The van der Waals surface area contributed by atoms with Crippen molar-refractivity contribution in [2.45, 2.75) is 20.4 Å². The highest BCUT2D eigenvalue weighted by molar-refractivity contribution is 6.03. The number of nitrogens with one attached hydrogen (secondary N) is 1. The molecular formula is C15H21N5O. The molecule has 0 unspecified atom stereocenters. The molecular weight excluding hydrogens is 266 g/mol. The topological polar surface area (TPSA) is 63.0 Å². The van der Waals surface area contributed by atoms with Crippen LogP contribution in [0.5, 0.6) is 0 Å². The Morgan fingerprint density at radius 1 is 1.33 bits per heavy atom. The normalized spacial score (nSPS) is 10.8. The highest BCUT2D eigenvalue weighted by Crippen LogP contribution is 2.07. The predicted octanol–water partition coefficient (Wildman–Crippen LogP) is 1.87. The predicted molar refractivity (Wildman–Crippen MR) is 82.2 cm³/mol. The van der Waals surface area contributed by atoms with Crippen molar-refractivity contribution < 1.29 is 4.79 Å². The Morgan fingerprint density at radius 2 is 2.14 bits per heavy atom. The Kier molecular flexibility index (Phi) is 5.45. The van der Waals surface area contributed by atoms with Crippen molar-refractivity contribution in [2.24, 2.45) is 0 Å². The third-order valence-electron chi connectivity index (χ3n) is 3.35. The van der Waals surface area contributed by atoms with Crippen LogP contribution < -0.4 is 5.32 Å². The standard InChI is InChI=1S/C15H21N5O/c1-3-19(4-2)8-9-20-12-14(11-17-20)18-15(21)13-6-5-7-16-10-13/h5-7,10-12H,3-4,8-9H2,1-2H3,(H,18,21). The maximum absolute atomic E-state index is 12.0. The molecule has 6 nitrogen and oxygen atoms in total. The second-order valence-electron chi connectivity index (χ2n) is 4.71. The zero-order valence-electron chi connectivity index (χ0n) is 12.5. The average Bonchev–Trinajstić information content (AvgIpc) is 2.96. The molecule has 0 bridgehead atoms. The van der Waals surface area contributed by atoms with E-state index in [1.54, 1.807) is 30.7 Å². The number of rotatable bonds is 7. The van der Waals surface area contributed by atoms with E-state index in [9.17, 15) is 4.79 Å². The first-order valence-electron chi connectivity index (χ1n) is 7.19. The van der Waals surface area contributed by atoms with Crippen LogP contribution >= 0.6 is 0 Å². The monoisotopic (exact) mass is 287 g/mol. The molecule has 112 valence electrons. The molecule has 0 aromatic carbocycles. The Balaban J connectivity index is 1.90. The Hall–Kier alpha value is -2.21. The number of amides is 1. The fourth-order valence-corrected chi connectivity index (χ4v) is 2.03. The molecule has 0 radical (unpaired) electrons. The van der Waals surface area contributed by atoms with Gasteiger partial charge in [-0.05, 0) is 25.2 Å². The van der Waals surface area contributed by atoms with Crippen LogP contribution in [0, 0.1) is 0 Å². The van der Waals surface area contributed by atoms with Crippen LogP contribution in [0.15, 0.2) is 36.9 Å². The summed E-state index contributed by atoms with van der Waals surface area (Å²) in [5.41, 5.74) is 1.23. The Morgan fingerprint density at radius 3 is 2.81 bits per heavy atom. The second-order valence-corrected chi connectivity index (χ2v) is 4.71. The van der Waals surface area contributed by atoms with Gasteiger partial charge in [-0.1, -0.05) is 13.8 Å². The minimum absolute atomic E-state index is 0.175. The van der Waals surface area contributed by atoms with E-state index in [0.717, 1.165) is 26.2 Å². The quantitative estimate of drug-likeness (QED) is 0.844. The molecule has 0 aliphatic carbocycles. The number of nitrogens with zero attached hydrogens (tertiary/aromatic N) is 4. The Labute approximate surface area is 124 Å². The first-order valence-corrected chi connectivity index (χ1v) is 7.19. The molecule has 6 heteroatoms. The van der Waals surface area contributed by atoms with E-state index in [0.29, 0.717) is 11.3 Å². The average molecular weight is 287 g/mol. The fourth-order valence-electron chi connectivity index (χ4n) is 2.03. The van der Waals surface area contributed by atoms with Gasteiger partial charge in [0.05, 0.1) is 24.0 Å². The van der Waals surface area contributed by atoms with Gasteiger partial charge in [0, 0.05) is 25.1 Å². The van der Waals surface area contributed by atoms with Gasteiger partial charge in [-0.25, -0.2) is 0 Å². The van der Waals surface area contributed by atoms with Gasteiger partial charge in [-0.15, -0.1) is 0 Å². The van der Waals surface area contributed by atoms with Crippen LogP contribution in [0.2, 0.25) is 0 Å². The number of aromatic nitrogens is 3. The van der Waals surface area contributed by atoms with Crippen LogP contribution in [-0.2, 0) is 6.54 Å². The van der Waals surface area contributed by atoms with E-state index >= 15 is 0 Å². The summed E-state index contributed by atoms with van der Waals surface area (Å²) in [5, 5.41) is 7.08. The molecule has 1 N–H and O–H groups in total. The minimum Gasteiger partial charge on any atom is -0.319 e. The lowest BCUT2D eigenvalue weighted by Gasteiger charge is -2.17. The highest BCUT2D eigenvalue weighted by Gasteiger charge is 2.07. The van der Waals surface area contributed by atoms with Crippen LogP contribution in [0.25, 0.3) is 0 Å². The maximum atomic E-state index is 12.0. The van der Waals surface area contributed by atoms with E-state index in [1.807, 2.05) is 10.9 Å². The molecule has 2 aromatic rings. The number of hydrogen-bond acceptors (Lipinski definition) is 4. The van der Waals surface area contributed by atoms with Gasteiger partial charge < -0.3 is 10.2 Å². The van der Waals surface area contributed by atoms with Crippen molar-refractivity contribution in [3.8, 4) is 0 Å². The van der Waals surface area contributed by atoms with E-state index in [2.05, 4.69) is 34.1 Å². The van der Waals surface area contributed by atoms with Gasteiger partial charge >= 0.3 is 0 Å². The van der Waals surface area contributed by atoms with Crippen LogP contribution in [0.1, 0.15) is 24.2 Å². The first-order chi connectivity index (χ1) is 10.2. The van der Waals surface area contributed by atoms with Crippen molar-refractivity contribution in [3.05, 3.63) is 42.5 Å². The summed E-state index contributed by atoms with van der Waals surface area (Å²) in [7, 11) is 0. The van der Waals surface area contributed by atoms with Crippen molar-refractivity contribution in [2.75, 3.05) is 25.0 Å². The summed E-state index contributed by atoms with van der Waals surface area (Å²) in [6.07, 6.45) is 6.69. The fraction of sp³-hybridized carbons (Fsp3) is 0.400. The SMILES string of the molecule is CCN(CC)CCn1cc(NC(=O)c2cccnc2)cn1. The van der Waals surface area contributed by atoms with Gasteiger partial charge in [0.15, 0.2) is 0 Å². The molecule has 2 heterocycles. The van der Waals surface area contributed by atoms with Crippen LogP contribution in [0.4, 0.5) is 5.69 Å². The third-order valence-corrected chi connectivity index (χ3v) is 3.35. The van der Waals surface area contributed by atoms with E-state index in [-0.39, 0.29) is 5.91 Å². The van der Waals surface area contributed by atoms with Gasteiger partial charge in [-0.3, -0.25) is 14.5 Å². The molecule has 0 saturated heterocycles. The van der Waals surface area contributed by atoms with Gasteiger partial charge in [0.1, 0.15) is 0 Å². The summed E-state index contributed by atoms with van der Waals surface area (Å²) >= 11 is 0. The number of carbonyl (C=O) groups is 1. The Bertz CT molecular complexity index is 562. The zero-order valence-corrected chi connectivity index (χ0v) is 12.5. The number of likely N-dealkylation sites (N-methyl/N-ethyl adjacent to an activating group) is 1. The summed E-state index contributed by atoms with van der Waals surface area (Å²) < 4.78 is 1.84. The second kappa shape index (κ2) is 7.54. The molecule has 0 saturated carbocycles. The summed E-state index contributed by atoms with van der Waals surface area (Å²) in [5.74, 6) is -0.175. The maximum Gasteiger partial charge on any atom is 0.257 e. The number of hydrogen-bond donors (Lipinski definition) is 1.